The van der Waals surface area contributed by atoms with Crippen LogP contribution in [0.2, 0.25) is 0 Å². The molecule has 19 heavy (non-hydrogen) atoms. The van der Waals surface area contributed by atoms with Crippen LogP contribution in [0.4, 0.5) is 0 Å². The fraction of sp³-hybridized carbons (Fsp3) is 0.353. The maximum Gasteiger partial charge on any atom is 0.0751 e. The molecule has 0 bridgehead atoms. The molecule has 0 aliphatic heterocycles. The van der Waals surface area contributed by atoms with Crippen LogP contribution in [0.15, 0.2) is 48.7 Å². The first-order chi connectivity index (χ1) is 9.35. The lowest BCUT2D eigenvalue weighted by Gasteiger charge is -2.19. The summed E-state index contributed by atoms with van der Waals surface area (Å²) in [5, 5.41) is 3.59. The molecular formula is C17H22N2. The lowest BCUT2D eigenvalue weighted by Crippen LogP contribution is -2.24. The van der Waals surface area contributed by atoms with E-state index in [0.717, 1.165) is 25.1 Å². The molecule has 2 heteroatoms. The fourth-order valence-electron chi connectivity index (χ4n) is 2.22. The highest BCUT2D eigenvalue weighted by Gasteiger charge is 2.14. The van der Waals surface area contributed by atoms with Gasteiger partial charge in [0.25, 0.3) is 0 Å². The zero-order chi connectivity index (χ0) is 13.5. The summed E-state index contributed by atoms with van der Waals surface area (Å²) in [6.07, 6.45) is 4.05. The zero-order valence-electron chi connectivity index (χ0n) is 11.8. The molecule has 0 saturated carbocycles. The first-order valence-corrected chi connectivity index (χ1v) is 7.08. The van der Waals surface area contributed by atoms with Gasteiger partial charge in [-0.25, -0.2) is 0 Å². The first kappa shape index (κ1) is 13.8. The number of hydrogen-bond donors (Lipinski definition) is 1. The quantitative estimate of drug-likeness (QED) is 0.849. The van der Waals surface area contributed by atoms with Gasteiger partial charge in [-0.05, 0) is 42.6 Å². The van der Waals surface area contributed by atoms with Crippen molar-refractivity contribution < 1.29 is 0 Å². The van der Waals surface area contributed by atoms with E-state index in [0.29, 0.717) is 0 Å². The van der Waals surface area contributed by atoms with Gasteiger partial charge in [-0.3, -0.25) is 4.98 Å². The van der Waals surface area contributed by atoms with Gasteiger partial charge in [0.1, 0.15) is 0 Å². The van der Waals surface area contributed by atoms with E-state index in [1.807, 2.05) is 18.3 Å². The Balaban J connectivity index is 2.31. The van der Waals surface area contributed by atoms with Crippen molar-refractivity contribution in [3.63, 3.8) is 0 Å². The minimum absolute atomic E-state index is 0.188. The average molecular weight is 254 g/mol. The Bertz CT molecular complexity index is 494. The third-order valence-electron chi connectivity index (χ3n) is 3.27. The van der Waals surface area contributed by atoms with Crippen LogP contribution in [0.5, 0.6) is 0 Å². The number of rotatable bonds is 6. The summed E-state index contributed by atoms with van der Waals surface area (Å²) < 4.78 is 0. The second kappa shape index (κ2) is 7.05. The SMILES string of the molecule is CCCNC(c1cccc(CC)c1)c1ccccn1. The molecule has 2 nitrogen and oxygen atoms in total. The highest BCUT2D eigenvalue weighted by molar-refractivity contribution is 5.31. The van der Waals surface area contributed by atoms with E-state index in [4.69, 9.17) is 0 Å². The Labute approximate surface area is 115 Å². The van der Waals surface area contributed by atoms with E-state index in [-0.39, 0.29) is 6.04 Å². The van der Waals surface area contributed by atoms with Gasteiger partial charge in [0, 0.05) is 6.20 Å². The zero-order valence-corrected chi connectivity index (χ0v) is 11.8. The van der Waals surface area contributed by atoms with Crippen LogP contribution in [0.1, 0.15) is 43.1 Å². The van der Waals surface area contributed by atoms with Gasteiger partial charge in [-0.2, -0.15) is 0 Å². The molecule has 1 N–H and O–H groups in total. The predicted octanol–water partition coefficient (Wildman–Crippen LogP) is 3.73. The second-order valence-corrected chi connectivity index (χ2v) is 4.74. The number of pyridine rings is 1. The van der Waals surface area contributed by atoms with E-state index in [2.05, 4.69) is 54.5 Å². The van der Waals surface area contributed by atoms with Gasteiger partial charge in [0.05, 0.1) is 11.7 Å². The van der Waals surface area contributed by atoms with Gasteiger partial charge in [0.15, 0.2) is 0 Å². The average Bonchev–Trinajstić information content (AvgIpc) is 2.49. The van der Waals surface area contributed by atoms with E-state index < -0.39 is 0 Å². The van der Waals surface area contributed by atoms with Crippen molar-refractivity contribution >= 4 is 0 Å². The molecule has 1 atom stereocenters. The van der Waals surface area contributed by atoms with Gasteiger partial charge in [-0.15, -0.1) is 0 Å². The lowest BCUT2D eigenvalue weighted by molar-refractivity contribution is 0.586. The molecule has 0 amide bonds. The Morgan fingerprint density at radius 3 is 2.68 bits per heavy atom. The van der Waals surface area contributed by atoms with E-state index in [1.165, 1.54) is 11.1 Å². The van der Waals surface area contributed by atoms with Gasteiger partial charge >= 0.3 is 0 Å². The largest absolute Gasteiger partial charge is 0.305 e. The van der Waals surface area contributed by atoms with Crippen molar-refractivity contribution in [2.45, 2.75) is 32.7 Å². The summed E-state index contributed by atoms with van der Waals surface area (Å²) in [5.41, 5.74) is 3.76. The maximum atomic E-state index is 4.50. The van der Waals surface area contributed by atoms with E-state index in [9.17, 15) is 0 Å². The van der Waals surface area contributed by atoms with Crippen molar-refractivity contribution in [2.24, 2.45) is 0 Å². The summed E-state index contributed by atoms with van der Waals surface area (Å²) in [5.74, 6) is 0. The van der Waals surface area contributed by atoms with Crippen molar-refractivity contribution in [3.8, 4) is 0 Å². The minimum Gasteiger partial charge on any atom is -0.305 e. The smallest absolute Gasteiger partial charge is 0.0751 e. The molecule has 0 fully saturated rings. The molecule has 2 rings (SSSR count). The number of aromatic nitrogens is 1. The maximum absolute atomic E-state index is 4.50. The molecule has 1 heterocycles. The first-order valence-electron chi connectivity index (χ1n) is 7.08. The van der Waals surface area contributed by atoms with E-state index >= 15 is 0 Å². The Morgan fingerprint density at radius 1 is 1.11 bits per heavy atom. The Morgan fingerprint density at radius 2 is 2.00 bits per heavy atom. The number of nitrogens with one attached hydrogen (secondary N) is 1. The molecule has 1 aromatic carbocycles. The van der Waals surface area contributed by atoms with Crippen LogP contribution < -0.4 is 5.32 Å². The van der Waals surface area contributed by atoms with Crippen molar-refractivity contribution in [1.29, 1.82) is 0 Å². The van der Waals surface area contributed by atoms with Gasteiger partial charge in [-0.1, -0.05) is 44.2 Å². The van der Waals surface area contributed by atoms with Crippen molar-refractivity contribution in [2.75, 3.05) is 6.54 Å². The number of aryl methyl sites for hydroxylation is 1. The van der Waals surface area contributed by atoms with Crippen molar-refractivity contribution in [1.82, 2.24) is 10.3 Å². The second-order valence-electron chi connectivity index (χ2n) is 4.74. The summed E-state index contributed by atoms with van der Waals surface area (Å²) in [6.45, 7) is 5.37. The summed E-state index contributed by atoms with van der Waals surface area (Å²) in [7, 11) is 0. The fourth-order valence-corrected chi connectivity index (χ4v) is 2.22. The Hall–Kier alpha value is -1.67. The third-order valence-corrected chi connectivity index (χ3v) is 3.27. The minimum atomic E-state index is 0.188. The van der Waals surface area contributed by atoms with E-state index in [1.54, 1.807) is 0 Å². The normalized spacial score (nSPS) is 12.3. The summed E-state index contributed by atoms with van der Waals surface area (Å²) in [4.78, 5) is 4.50. The molecule has 0 aliphatic carbocycles. The van der Waals surface area contributed by atoms with Gasteiger partial charge in [0.2, 0.25) is 0 Å². The Kier molecular flexibility index (Phi) is 5.10. The van der Waals surface area contributed by atoms with Crippen LogP contribution in [0.25, 0.3) is 0 Å². The lowest BCUT2D eigenvalue weighted by atomic mass is 9.99. The molecule has 0 saturated heterocycles. The predicted molar refractivity (Wildman–Crippen MR) is 80.2 cm³/mol. The molecular weight excluding hydrogens is 232 g/mol. The topological polar surface area (TPSA) is 24.9 Å². The van der Waals surface area contributed by atoms with Crippen molar-refractivity contribution in [3.05, 3.63) is 65.5 Å². The van der Waals surface area contributed by atoms with Crippen LogP contribution in [-0.4, -0.2) is 11.5 Å². The molecule has 100 valence electrons. The third kappa shape index (κ3) is 3.65. The van der Waals surface area contributed by atoms with Crippen LogP contribution in [0, 0.1) is 0 Å². The molecule has 1 unspecified atom stereocenters. The number of hydrogen-bond acceptors (Lipinski definition) is 2. The molecule has 0 spiro atoms. The summed E-state index contributed by atoms with van der Waals surface area (Å²) >= 11 is 0. The standard InChI is InChI=1S/C17H22N2/c1-3-11-19-17(16-10-5-6-12-18-16)15-9-7-8-14(4-2)13-15/h5-10,12-13,17,19H,3-4,11H2,1-2H3. The number of nitrogens with zero attached hydrogens (tertiary/aromatic N) is 1. The monoisotopic (exact) mass is 254 g/mol. The van der Waals surface area contributed by atoms with Crippen LogP contribution >= 0.6 is 0 Å². The summed E-state index contributed by atoms with van der Waals surface area (Å²) in [6, 6.07) is 15.1. The van der Waals surface area contributed by atoms with Crippen LogP contribution in [-0.2, 0) is 6.42 Å². The highest BCUT2D eigenvalue weighted by atomic mass is 14.9. The van der Waals surface area contributed by atoms with Crippen LogP contribution in [0.3, 0.4) is 0 Å². The molecule has 1 aromatic heterocycles. The number of benzene rings is 1. The highest BCUT2D eigenvalue weighted by Crippen LogP contribution is 2.21. The molecule has 0 radical (unpaired) electrons. The molecule has 0 aliphatic rings. The molecule has 2 aromatic rings. The van der Waals surface area contributed by atoms with Gasteiger partial charge < -0.3 is 5.32 Å².